The molecule has 2 fully saturated rings. The molecule has 1 saturated carbocycles. The van der Waals surface area contributed by atoms with Gasteiger partial charge in [0.1, 0.15) is 0 Å². The van der Waals surface area contributed by atoms with Crippen molar-refractivity contribution >= 4 is 5.91 Å². The zero-order valence-corrected chi connectivity index (χ0v) is 9.43. The van der Waals surface area contributed by atoms with Gasteiger partial charge in [-0.25, -0.2) is 0 Å². The van der Waals surface area contributed by atoms with E-state index in [9.17, 15) is 4.79 Å². The second-order valence-electron chi connectivity index (χ2n) is 4.91. The summed E-state index contributed by atoms with van der Waals surface area (Å²) in [6.07, 6.45) is 4.86. The standard InChI is InChI=1S/C14H17NO/c16-14-12-8-4-5-9-13(12)15(14)10-11-6-2-1-3-7-11/h1-3,6-7,12-13H,4-5,8-10H2/t12-,13-/m1/s1. The number of β-lactam (4-membered cyclic amide) rings is 1. The SMILES string of the molecule is O=C1[C@@H]2CCCC[C@H]2N1Cc1ccccc1. The predicted octanol–water partition coefficient (Wildman–Crippen LogP) is 2.59. The number of nitrogens with zero attached hydrogens (tertiary/aromatic N) is 1. The number of carbonyl (C=O) groups is 1. The number of amides is 1. The maximum absolute atomic E-state index is 11.9. The van der Waals surface area contributed by atoms with E-state index in [1.807, 2.05) is 18.2 Å². The summed E-state index contributed by atoms with van der Waals surface area (Å²) >= 11 is 0. The van der Waals surface area contributed by atoms with E-state index < -0.39 is 0 Å². The molecule has 0 N–H and O–H groups in total. The van der Waals surface area contributed by atoms with Gasteiger partial charge >= 0.3 is 0 Å². The van der Waals surface area contributed by atoms with Crippen LogP contribution in [-0.4, -0.2) is 16.8 Å². The van der Waals surface area contributed by atoms with Crippen LogP contribution in [0.1, 0.15) is 31.2 Å². The summed E-state index contributed by atoms with van der Waals surface area (Å²) in [5.74, 6) is 0.742. The third-order valence-electron chi connectivity index (χ3n) is 3.93. The van der Waals surface area contributed by atoms with E-state index in [4.69, 9.17) is 0 Å². The lowest BCUT2D eigenvalue weighted by atomic mass is 9.76. The van der Waals surface area contributed by atoms with Crippen LogP contribution in [0.15, 0.2) is 30.3 Å². The van der Waals surface area contributed by atoms with E-state index in [0.717, 1.165) is 13.0 Å². The smallest absolute Gasteiger partial charge is 0.228 e. The average Bonchev–Trinajstić information content (AvgIpc) is 2.37. The van der Waals surface area contributed by atoms with Crippen LogP contribution < -0.4 is 0 Å². The fourth-order valence-corrected chi connectivity index (χ4v) is 3.04. The lowest BCUT2D eigenvalue weighted by molar-refractivity contribution is -0.160. The van der Waals surface area contributed by atoms with E-state index in [0.29, 0.717) is 17.9 Å². The molecule has 3 rings (SSSR count). The Morgan fingerprint density at radius 2 is 1.88 bits per heavy atom. The van der Waals surface area contributed by atoms with Crippen molar-refractivity contribution in [3.8, 4) is 0 Å². The molecule has 0 spiro atoms. The van der Waals surface area contributed by atoms with Crippen molar-refractivity contribution in [3.05, 3.63) is 35.9 Å². The molecular formula is C14H17NO. The van der Waals surface area contributed by atoms with Crippen LogP contribution in [0.4, 0.5) is 0 Å². The molecule has 1 aromatic carbocycles. The summed E-state index contributed by atoms with van der Waals surface area (Å²) < 4.78 is 0. The first-order valence-electron chi connectivity index (χ1n) is 6.20. The summed E-state index contributed by atoms with van der Waals surface area (Å²) in [6.45, 7) is 0.806. The van der Waals surface area contributed by atoms with Gasteiger partial charge in [0.05, 0.1) is 5.92 Å². The first-order valence-corrected chi connectivity index (χ1v) is 6.20. The summed E-state index contributed by atoms with van der Waals surface area (Å²) in [4.78, 5) is 14.0. The Balaban J connectivity index is 1.70. The average molecular weight is 215 g/mol. The number of benzene rings is 1. The van der Waals surface area contributed by atoms with E-state index >= 15 is 0 Å². The van der Waals surface area contributed by atoms with Crippen LogP contribution in [0.3, 0.4) is 0 Å². The Hall–Kier alpha value is -1.31. The number of carbonyl (C=O) groups excluding carboxylic acids is 1. The number of likely N-dealkylation sites (tertiary alicyclic amines) is 1. The molecule has 2 aliphatic rings. The third kappa shape index (κ3) is 1.53. The Labute approximate surface area is 96.3 Å². The van der Waals surface area contributed by atoms with Crippen molar-refractivity contribution in [1.29, 1.82) is 0 Å². The summed E-state index contributed by atoms with van der Waals surface area (Å²) in [5, 5.41) is 0. The van der Waals surface area contributed by atoms with Crippen molar-refractivity contribution in [1.82, 2.24) is 4.90 Å². The van der Waals surface area contributed by atoms with Gasteiger partial charge in [-0.3, -0.25) is 4.79 Å². The molecule has 2 nitrogen and oxygen atoms in total. The molecule has 16 heavy (non-hydrogen) atoms. The molecule has 84 valence electrons. The molecule has 2 heteroatoms. The normalized spacial score (nSPS) is 28.5. The lowest BCUT2D eigenvalue weighted by Gasteiger charge is -2.50. The molecule has 1 aromatic rings. The monoisotopic (exact) mass is 215 g/mol. The molecule has 1 amide bonds. The maximum atomic E-state index is 11.9. The Bertz CT molecular complexity index is 387. The Morgan fingerprint density at radius 1 is 1.12 bits per heavy atom. The van der Waals surface area contributed by atoms with Gasteiger partial charge in [0.15, 0.2) is 0 Å². The van der Waals surface area contributed by atoms with Gasteiger partial charge in [-0.2, -0.15) is 0 Å². The van der Waals surface area contributed by atoms with Gasteiger partial charge in [-0.1, -0.05) is 43.2 Å². The summed E-state index contributed by atoms with van der Waals surface area (Å²) in [7, 11) is 0. The molecule has 1 aliphatic heterocycles. The quantitative estimate of drug-likeness (QED) is 0.694. The van der Waals surface area contributed by atoms with Gasteiger partial charge in [-0.15, -0.1) is 0 Å². The van der Waals surface area contributed by atoms with Crippen molar-refractivity contribution in [2.24, 2.45) is 5.92 Å². The molecule has 1 heterocycles. The second kappa shape index (κ2) is 3.93. The van der Waals surface area contributed by atoms with Gasteiger partial charge in [-0.05, 0) is 18.4 Å². The molecule has 0 unspecified atom stereocenters. The highest BCUT2D eigenvalue weighted by atomic mass is 16.2. The Kier molecular flexibility index (Phi) is 2.43. The first-order chi connectivity index (χ1) is 7.86. The zero-order chi connectivity index (χ0) is 11.0. The van der Waals surface area contributed by atoms with Crippen LogP contribution in [0.5, 0.6) is 0 Å². The van der Waals surface area contributed by atoms with Crippen molar-refractivity contribution in [3.63, 3.8) is 0 Å². The molecule has 0 bridgehead atoms. The minimum absolute atomic E-state index is 0.359. The van der Waals surface area contributed by atoms with Gasteiger partial charge in [0.25, 0.3) is 0 Å². The van der Waals surface area contributed by atoms with Crippen LogP contribution in [0.2, 0.25) is 0 Å². The van der Waals surface area contributed by atoms with E-state index in [-0.39, 0.29) is 0 Å². The van der Waals surface area contributed by atoms with Gasteiger partial charge in [0, 0.05) is 12.6 Å². The van der Waals surface area contributed by atoms with Crippen LogP contribution >= 0.6 is 0 Å². The maximum Gasteiger partial charge on any atom is 0.228 e. The zero-order valence-electron chi connectivity index (χ0n) is 9.43. The van der Waals surface area contributed by atoms with Gasteiger partial charge < -0.3 is 4.90 Å². The number of fused-ring (bicyclic) bond motifs is 1. The van der Waals surface area contributed by atoms with Crippen molar-refractivity contribution in [2.45, 2.75) is 38.3 Å². The summed E-state index contributed by atoms with van der Waals surface area (Å²) in [6, 6.07) is 10.8. The van der Waals surface area contributed by atoms with Crippen LogP contribution in [0.25, 0.3) is 0 Å². The number of rotatable bonds is 2. The number of hydrogen-bond acceptors (Lipinski definition) is 1. The van der Waals surface area contributed by atoms with Crippen LogP contribution in [-0.2, 0) is 11.3 Å². The fourth-order valence-electron chi connectivity index (χ4n) is 3.04. The highest BCUT2D eigenvalue weighted by Crippen LogP contribution is 2.39. The predicted molar refractivity (Wildman–Crippen MR) is 62.7 cm³/mol. The van der Waals surface area contributed by atoms with Crippen molar-refractivity contribution in [2.75, 3.05) is 0 Å². The lowest BCUT2D eigenvalue weighted by Crippen LogP contribution is -2.61. The largest absolute Gasteiger partial charge is 0.334 e. The second-order valence-corrected chi connectivity index (χ2v) is 4.91. The highest BCUT2D eigenvalue weighted by Gasteiger charge is 2.47. The van der Waals surface area contributed by atoms with E-state index in [1.165, 1.54) is 24.8 Å². The third-order valence-corrected chi connectivity index (χ3v) is 3.93. The molecule has 1 aliphatic carbocycles. The Morgan fingerprint density at radius 3 is 2.69 bits per heavy atom. The summed E-state index contributed by atoms with van der Waals surface area (Å²) in [5.41, 5.74) is 1.25. The molecule has 1 saturated heterocycles. The molecule has 0 radical (unpaired) electrons. The molecule has 0 aromatic heterocycles. The molecular weight excluding hydrogens is 198 g/mol. The van der Waals surface area contributed by atoms with Gasteiger partial charge in [0.2, 0.25) is 5.91 Å². The highest BCUT2D eigenvalue weighted by molar-refractivity contribution is 5.86. The number of hydrogen-bond donors (Lipinski definition) is 0. The fraction of sp³-hybridized carbons (Fsp3) is 0.500. The van der Waals surface area contributed by atoms with Crippen molar-refractivity contribution < 1.29 is 4.79 Å². The van der Waals surface area contributed by atoms with E-state index in [1.54, 1.807) is 0 Å². The topological polar surface area (TPSA) is 20.3 Å². The molecule has 2 atom stereocenters. The first kappa shape index (κ1) is 9.88. The minimum atomic E-state index is 0.359. The van der Waals surface area contributed by atoms with Crippen LogP contribution in [0, 0.1) is 5.92 Å². The minimum Gasteiger partial charge on any atom is -0.334 e. The van der Waals surface area contributed by atoms with E-state index in [2.05, 4.69) is 17.0 Å².